The third-order valence-corrected chi connectivity index (χ3v) is 3.38. The molecule has 1 amide bonds. The van der Waals surface area contributed by atoms with Crippen molar-refractivity contribution < 1.29 is 24.5 Å². The zero-order chi connectivity index (χ0) is 17.5. The minimum absolute atomic E-state index is 0.000435. The van der Waals surface area contributed by atoms with Gasteiger partial charge in [-0.3, -0.25) is 15.0 Å². The number of benzene rings is 2. The van der Waals surface area contributed by atoms with Crippen LogP contribution in [0.5, 0.6) is 11.5 Å². The molecule has 0 bridgehead atoms. The van der Waals surface area contributed by atoms with Crippen LogP contribution in [0, 0.1) is 0 Å². The van der Waals surface area contributed by atoms with Crippen LogP contribution in [0.2, 0.25) is 0 Å². The van der Waals surface area contributed by atoms with E-state index in [-0.39, 0.29) is 11.5 Å². The number of carbonyl (C=O) groups is 2. The van der Waals surface area contributed by atoms with Crippen molar-refractivity contribution in [2.45, 2.75) is 12.5 Å². The molecular formula is C17H18N2O5. The summed E-state index contributed by atoms with van der Waals surface area (Å²) in [6.45, 7) is 0. The molecule has 0 saturated carbocycles. The van der Waals surface area contributed by atoms with Crippen molar-refractivity contribution in [1.82, 2.24) is 10.9 Å². The third-order valence-electron chi connectivity index (χ3n) is 3.38. The van der Waals surface area contributed by atoms with Crippen LogP contribution in [0.15, 0.2) is 48.5 Å². The molecule has 0 atom stereocenters. The average Bonchev–Trinajstić information content (AvgIpc) is 2.57. The van der Waals surface area contributed by atoms with E-state index in [1.54, 1.807) is 36.4 Å². The molecule has 2 aromatic rings. The van der Waals surface area contributed by atoms with Gasteiger partial charge in [-0.25, -0.2) is 5.43 Å². The Bertz CT molecular complexity index is 687. The Labute approximate surface area is 138 Å². The SMILES string of the molecule is COC(=O)CC(=O)NNC(c1ccccc1O)c1ccccc1O. The summed E-state index contributed by atoms with van der Waals surface area (Å²) in [6, 6.07) is 12.4. The average molecular weight is 330 g/mol. The molecule has 126 valence electrons. The number of rotatable bonds is 6. The van der Waals surface area contributed by atoms with Crippen molar-refractivity contribution in [1.29, 1.82) is 0 Å². The van der Waals surface area contributed by atoms with Gasteiger partial charge >= 0.3 is 5.97 Å². The van der Waals surface area contributed by atoms with E-state index in [2.05, 4.69) is 15.6 Å². The van der Waals surface area contributed by atoms with Gasteiger partial charge in [-0.15, -0.1) is 0 Å². The zero-order valence-electron chi connectivity index (χ0n) is 13.0. The van der Waals surface area contributed by atoms with Gasteiger partial charge in [-0.1, -0.05) is 36.4 Å². The van der Waals surface area contributed by atoms with Gasteiger partial charge in [0.05, 0.1) is 13.2 Å². The van der Waals surface area contributed by atoms with Crippen molar-refractivity contribution in [2.24, 2.45) is 0 Å². The highest BCUT2D eigenvalue weighted by molar-refractivity contribution is 5.93. The van der Waals surface area contributed by atoms with E-state index in [4.69, 9.17) is 0 Å². The Morgan fingerprint density at radius 3 is 1.96 bits per heavy atom. The number of methoxy groups -OCH3 is 1. The summed E-state index contributed by atoms with van der Waals surface area (Å²) >= 11 is 0. The van der Waals surface area contributed by atoms with Crippen molar-refractivity contribution in [2.75, 3.05) is 7.11 Å². The number of hydrogen-bond acceptors (Lipinski definition) is 6. The number of ether oxygens (including phenoxy) is 1. The van der Waals surface area contributed by atoms with Crippen LogP contribution in [-0.4, -0.2) is 29.2 Å². The third kappa shape index (κ3) is 4.23. The molecule has 24 heavy (non-hydrogen) atoms. The summed E-state index contributed by atoms with van der Waals surface area (Å²) < 4.78 is 4.43. The number of amides is 1. The van der Waals surface area contributed by atoms with Crippen LogP contribution in [0.3, 0.4) is 0 Å². The summed E-state index contributed by atoms with van der Waals surface area (Å²) in [5.74, 6) is -1.27. The molecule has 0 radical (unpaired) electrons. The lowest BCUT2D eigenvalue weighted by atomic mass is 9.97. The minimum Gasteiger partial charge on any atom is -0.508 e. The minimum atomic E-state index is -0.714. The van der Waals surface area contributed by atoms with E-state index < -0.39 is 24.3 Å². The standard InChI is InChI=1S/C17H18N2O5/c1-24-16(23)10-15(22)18-19-17(11-6-2-4-8-13(11)20)12-7-3-5-9-14(12)21/h2-9,17,19-21H,10H2,1H3,(H,18,22). The molecule has 2 rings (SSSR count). The van der Waals surface area contributed by atoms with Crippen molar-refractivity contribution >= 4 is 11.9 Å². The Morgan fingerprint density at radius 1 is 1.00 bits per heavy atom. The quantitative estimate of drug-likeness (QED) is 0.362. The summed E-state index contributed by atoms with van der Waals surface area (Å²) in [5, 5.41) is 20.1. The predicted molar refractivity (Wildman–Crippen MR) is 86.0 cm³/mol. The molecule has 7 heteroatoms. The van der Waals surface area contributed by atoms with Gasteiger partial charge in [0.15, 0.2) is 0 Å². The number of phenolic OH excluding ortho intramolecular Hbond substituents is 2. The van der Waals surface area contributed by atoms with Crippen LogP contribution in [-0.2, 0) is 14.3 Å². The Kier molecular flexibility index (Phi) is 5.75. The fraction of sp³-hybridized carbons (Fsp3) is 0.176. The molecule has 0 aliphatic heterocycles. The largest absolute Gasteiger partial charge is 0.508 e. The van der Waals surface area contributed by atoms with Crippen molar-refractivity contribution in [3.63, 3.8) is 0 Å². The summed E-state index contributed by atoms with van der Waals surface area (Å²) in [6.07, 6.45) is -0.447. The van der Waals surface area contributed by atoms with E-state index >= 15 is 0 Å². The van der Waals surface area contributed by atoms with E-state index in [1.807, 2.05) is 0 Å². The van der Waals surface area contributed by atoms with Crippen LogP contribution < -0.4 is 10.9 Å². The lowest BCUT2D eigenvalue weighted by Gasteiger charge is -2.21. The number of carbonyl (C=O) groups excluding carboxylic acids is 2. The Balaban J connectivity index is 2.25. The normalized spacial score (nSPS) is 10.4. The zero-order valence-corrected chi connectivity index (χ0v) is 13.0. The van der Waals surface area contributed by atoms with Crippen LogP contribution in [0.4, 0.5) is 0 Å². The molecular weight excluding hydrogens is 312 g/mol. The second-order valence-electron chi connectivity index (χ2n) is 5.00. The van der Waals surface area contributed by atoms with Gasteiger partial charge in [0.2, 0.25) is 5.91 Å². The van der Waals surface area contributed by atoms with E-state index in [0.717, 1.165) is 0 Å². The fourth-order valence-electron chi connectivity index (χ4n) is 2.19. The number of hydrazine groups is 1. The van der Waals surface area contributed by atoms with Crippen LogP contribution in [0.1, 0.15) is 23.6 Å². The smallest absolute Gasteiger partial charge is 0.315 e. The molecule has 2 aromatic carbocycles. The van der Waals surface area contributed by atoms with Gasteiger partial charge in [0.25, 0.3) is 0 Å². The molecule has 0 heterocycles. The first-order chi connectivity index (χ1) is 11.5. The first-order valence-corrected chi connectivity index (χ1v) is 7.20. The first kappa shape index (κ1) is 17.3. The lowest BCUT2D eigenvalue weighted by Crippen LogP contribution is -2.41. The molecule has 0 aliphatic rings. The summed E-state index contributed by atoms with van der Waals surface area (Å²) in [5.41, 5.74) is 6.04. The van der Waals surface area contributed by atoms with E-state index in [0.29, 0.717) is 11.1 Å². The van der Waals surface area contributed by atoms with Gasteiger partial charge in [0.1, 0.15) is 17.9 Å². The van der Waals surface area contributed by atoms with Crippen LogP contribution >= 0.6 is 0 Å². The lowest BCUT2D eigenvalue weighted by molar-refractivity contribution is -0.144. The molecule has 0 aliphatic carbocycles. The number of esters is 1. The highest BCUT2D eigenvalue weighted by Gasteiger charge is 2.21. The highest BCUT2D eigenvalue weighted by Crippen LogP contribution is 2.33. The Morgan fingerprint density at radius 2 is 1.50 bits per heavy atom. The maximum absolute atomic E-state index is 11.7. The maximum atomic E-state index is 11.7. The fourth-order valence-corrected chi connectivity index (χ4v) is 2.19. The van der Waals surface area contributed by atoms with Gasteiger partial charge < -0.3 is 14.9 Å². The number of phenols is 2. The summed E-state index contributed by atoms with van der Waals surface area (Å²) in [4.78, 5) is 22.9. The number of aromatic hydroxyl groups is 2. The van der Waals surface area contributed by atoms with Crippen LogP contribution in [0.25, 0.3) is 0 Å². The van der Waals surface area contributed by atoms with Gasteiger partial charge in [-0.05, 0) is 12.1 Å². The number of hydrogen-bond donors (Lipinski definition) is 4. The van der Waals surface area contributed by atoms with E-state index in [1.165, 1.54) is 19.2 Å². The second-order valence-corrected chi connectivity index (χ2v) is 5.00. The molecule has 0 unspecified atom stereocenters. The number of nitrogens with one attached hydrogen (secondary N) is 2. The Hall–Kier alpha value is -3.06. The monoisotopic (exact) mass is 330 g/mol. The molecule has 0 fully saturated rings. The maximum Gasteiger partial charge on any atom is 0.315 e. The second kappa shape index (κ2) is 7.98. The van der Waals surface area contributed by atoms with Crippen molar-refractivity contribution in [3.05, 3.63) is 59.7 Å². The highest BCUT2D eigenvalue weighted by atomic mass is 16.5. The number of para-hydroxylation sites is 2. The topological polar surface area (TPSA) is 108 Å². The van der Waals surface area contributed by atoms with Gasteiger partial charge in [0, 0.05) is 11.1 Å². The van der Waals surface area contributed by atoms with Crippen molar-refractivity contribution in [3.8, 4) is 11.5 Å². The van der Waals surface area contributed by atoms with E-state index in [9.17, 15) is 19.8 Å². The van der Waals surface area contributed by atoms with Gasteiger partial charge in [-0.2, -0.15) is 0 Å². The predicted octanol–water partition coefficient (Wildman–Crippen LogP) is 1.37. The molecule has 4 N–H and O–H groups in total. The first-order valence-electron chi connectivity index (χ1n) is 7.20. The summed E-state index contributed by atoms with van der Waals surface area (Å²) in [7, 11) is 1.19. The molecule has 0 aromatic heterocycles. The molecule has 0 spiro atoms. The molecule has 0 saturated heterocycles. The molecule has 7 nitrogen and oxygen atoms in total.